The maximum absolute atomic E-state index is 12.6. The topological polar surface area (TPSA) is 109 Å². The number of carbonyl (C=O) groups is 1. The molecule has 8 nitrogen and oxygen atoms in total. The summed E-state index contributed by atoms with van der Waals surface area (Å²) in [5.74, 6) is -0.223. The molecule has 3 rings (SSSR count). The van der Waals surface area contributed by atoms with Gasteiger partial charge < -0.3 is 20.4 Å². The fraction of sp³-hybridized carbons (Fsp3) is 0.667. The number of halogens is 1. The van der Waals surface area contributed by atoms with Crippen LogP contribution in [0.1, 0.15) is 23.4 Å². The highest BCUT2D eigenvalue weighted by atomic mass is 35.5. The lowest BCUT2D eigenvalue weighted by atomic mass is 9.97. The number of nitrogens with one attached hydrogen (secondary N) is 1. The highest BCUT2D eigenvalue weighted by molar-refractivity contribution is 7.89. The quantitative estimate of drug-likeness (QED) is 0.736. The van der Waals surface area contributed by atoms with Gasteiger partial charge in [-0.15, -0.1) is 12.4 Å². The summed E-state index contributed by atoms with van der Waals surface area (Å²) >= 11 is 0. The molecule has 25 heavy (non-hydrogen) atoms. The Hall–Kier alpha value is -1.13. The first-order valence-corrected chi connectivity index (χ1v) is 9.73. The zero-order valence-electron chi connectivity index (χ0n) is 14.0. The zero-order chi connectivity index (χ0) is 17.2. The van der Waals surface area contributed by atoms with E-state index in [0.717, 1.165) is 19.6 Å². The molecule has 10 heteroatoms. The molecule has 2 aliphatic rings. The predicted octanol–water partition coefficient (Wildman–Crippen LogP) is 0.106. The lowest BCUT2D eigenvalue weighted by Gasteiger charge is -2.36. The summed E-state index contributed by atoms with van der Waals surface area (Å²) in [7, 11) is -3.71. The second-order valence-corrected chi connectivity index (χ2v) is 8.25. The number of rotatable bonds is 5. The van der Waals surface area contributed by atoms with E-state index in [9.17, 15) is 13.2 Å². The standard InChI is InChI=1S/C15H24N4O4S.ClH/c16-15(20)13-1-2-14(23-13)24(21,22)19-9-7-18(8-10-19)11-12-3-5-17-6-4-12;/h1-2,12,17H,3-11H2,(H2,16,20);1H. The molecule has 0 saturated carbocycles. The van der Waals surface area contributed by atoms with Crippen LogP contribution in [0, 0.1) is 5.92 Å². The number of carbonyl (C=O) groups excluding carboxylic acids is 1. The van der Waals surface area contributed by atoms with Crippen molar-refractivity contribution in [2.24, 2.45) is 11.7 Å². The molecule has 2 fully saturated rings. The number of piperazine rings is 1. The Bertz CT molecular complexity index is 679. The number of sulfonamides is 1. The van der Waals surface area contributed by atoms with Gasteiger partial charge in [-0.05, 0) is 44.0 Å². The minimum atomic E-state index is -3.71. The van der Waals surface area contributed by atoms with Crippen LogP contribution in [-0.2, 0) is 10.0 Å². The smallest absolute Gasteiger partial charge is 0.284 e. The van der Waals surface area contributed by atoms with Gasteiger partial charge in [-0.25, -0.2) is 8.42 Å². The Balaban J connectivity index is 0.00000225. The van der Waals surface area contributed by atoms with Gasteiger partial charge in [0, 0.05) is 32.7 Å². The second kappa shape index (κ2) is 8.50. The van der Waals surface area contributed by atoms with Gasteiger partial charge in [-0.1, -0.05) is 0 Å². The maximum atomic E-state index is 12.6. The van der Waals surface area contributed by atoms with Crippen molar-refractivity contribution in [2.45, 2.75) is 17.9 Å². The molecule has 142 valence electrons. The molecule has 0 unspecified atom stereocenters. The SMILES string of the molecule is Cl.NC(=O)c1ccc(S(=O)(=O)N2CCN(CC3CCNCC3)CC2)o1. The molecule has 0 bridgehead atoms. The van der Waals surface area contributed by atoms with Crippen molar-refractivity contribution < 1.29 is 17.6 Å². The van der Waals surface area contributed by atoms with Gasteiger partial charge in [0.05, 0.1) is 0 Å². The molecule has 0 radical (unpaired) electrons. The molecule has 0 aliphatic carbocycles. The van der Waals surface area contributed by atoms with E-state index in [0.29, 0.717) is 32.1 Å². The van der Waals surface area contributed by atoms with Crippen LogP contribution in [0.3, 0.4) is 0 Å². The Morgan fingerprint density at radius 1 is 1.20 bits per heavy atom. The van der Waals surface area contributed by atoms with Crippen LogP contribution in [0.5, 0.6) is 0 Å². The molecule has 3 heterocycles. The van der Waals surface area contributed by atoms with Crippen molar-refractivity contribution in [1.29, 1.82) is 0 Å². The minimum Gasteiger partial charge on any atom is -0.438 e. The second-order valence-electron chi connectivity index (χ2n) is 6.38. The van der Waals surface area contributed by atoms with E-state index in [4.69, 9.17) is 10.2 Å². The number of nitrogens with zero attached hydrogens (tertiary/aromatic N) is 2. The predicted molar refractivity (Wildman–Crippen MR) is 95.3 cm³/mol. The fourth-order valence-electron chi connectivity index (χ4n) is 3.30. The molecule has 1 amide bonds. The molecule has 1 aromatic heterocycles. The molecular weight excluding hydrogens is 368 g/mol. The van der Waals surface area contributed by atoms with E-state index in [1.807, 2.05) is 0 Å². The lowest BCUT2D eigenvalue weighted by molar-refractivity contribution is 0.0968. The largest absolute Gasteiger partial charge is 0.438 e. The average molecular weight is 393 g/mol. The number of piperidine rings is 1. The monoisotopic (exact) mass is 392 g/mol. The van der Waals surface area contributed by atoms with Crippen LogP contribution < -0.4 is 11.1 Å². The normalized spacial score (nSPS) is 21.0. The molecule has 0 atom stereocenters. The number of amides is 1. The van der Waals surface area contributed by atoms with Crippen molar-refractivity contribution in [2.75, 3.05) is 45.8 Å². The van der Waals surface area contributed by atoms with Crippen molar-refractivity contribution in [3.8, 4) is 0 Å². The molecule has 1 aromatic rings. The summed E-state index contributed by atoms with van der Waals surface area (Å²) in [6.45, 7) is 5.46. The summed E-state index contributed by atoms with van der Waals surface area (Å²) in [6, 6.07) is 2.58. The summed E-state index contributed by atoms with van der Waals surface area (Å²) < 4.78 is 31.6. The highest BCUT2D eigenvalue weighted by Gasteiger charge is 2.32. The lowest BCUT2D eigenvalue weighted by Crippen LogP contribution is -2.50. The van der Waals surface area contributed by atoms with Crippen molar-refractivity contribution >= 4 is 28.3 Å². The third-order valence-corrected chi connectivity index (χ3v) is 6.50. The van der Waals surface area contributed by atoms with Crippen LogP contribution in [-0.4, -0.2) is 69.3 Å². The van der Waals surface area contributed by atoms with Crippen LogP contribution in [0.15, 0.2) is 21.6 Å². The number of nitrogens with two attached hydrogens (primary N) is 1. The fourth-order valence-corrected chi connectivity index (χ4v) is 4.63. The Morgan fingerprint density at radius 2 is 1.84 bits per heavy atom. The van der Waals surface area contributed by atoms with Crippen LogP contribution in [0.4, 0.5) is 0 Å². The minimum absolute atomic E-state index is 0. The Labute approximate surface area is 154 Å². The molecule has 2 aliphatic heterocycles. The van der Waals surface area contributed by atoms with Gasteiger partial charge in [0.1, 0.15) is 0 Å². The first-order valence-electron chi connectivity index (χ1n) is 8.29. The summed E-state index contributed by atoms with van der Waals surface area (Å²) in [4.78, 5) is 13.4. The summed E-state index contributed by atoms with van der Waals surface area (Å²) in [5.41, 5.74) is 5.10. The van der Waals surface area contributed by atoms with Gasteiger partial charge in [0.2, 0.25) is 5.09 Å². The average Bonchev–Trinajstić information content (AvgIpc) is 3.07. The third-order valence-electron chi connectivity index (χ3n) is 4.72. The molecule has 0 spiro atoms. The number of furan rings is 1. The van der Waals surface area contributed by atoms with Gasteiger partial charge >= 0.3 is 0 Å². The molecule has 0 aromatic carbocycles. The van der Waals surface area contributed by atoms with Gasteiger partial charge in [0.15, 0.2) is 5.76 Å². The molecular formula is C15H25ClN4O4S. The van der Waals surface area contributed by atoms with E-state index in [1.165, 1.54) is 29.3 Å². The zero-order valence-corrected chi connectivity index (χ0v) is 15.7. The number of hydrogen-bond acceptors (Lipinski definition) is 6. The first-order chi connectivity index (χ1) is 11.5. The van der Waals surface area contributed by atoms with E-state index in [-0.39, 0.29) is 23.3 Å². The van der Waals surface area contributed by atoms with Crippen LogP contribution >= 0.6 is 12.4 Å². The number of primary amides is 1. The van der Waals surface area contributed by atoms with E-state index >= 15 is 0 Å². The van der Waals surface area contributed by atoms with Gasteiger partial charge in [0.25, 0.3) is 15.9 Å². The van der Waals surface area contributed by atoms with Crippen molar-refractivity contribution in [1.82, 2.24) is 14.5 Å². The Morgan fingerprint density at radius 3 is 2.40 bits per heavy atom. The van der Waals surface area contributed by atoms with E-state index in [2.05, 4.69) is 10.2 Å². The van der Waals surface area contributed by atoms with Crippen LogP contribution in [0.2, 0.25) is 0 Å². The molecule has 2 saturated heterocycles. The number of hydrogen-bond donors (Lipinski definition) is 2. The van der Waals surface area contributed by atoms with Crippen LogP contribution in [0.25, 0.3) is 0 Å². The molecule has 3 N–H and O–H groups in total. The summed E-state index contributed by atoms with van der Waals surface area (Å²) in [6.07, 6.45) is 2.36. The Kier molecular flexibility index (Phi) is 6.86. The third kappa shape index (κ3) is 4.73. The van der Waals surface area contributed by atoms with Gasteiger partial charge in [-0.3, -0.25) is 4.79 Å². The van der Waals surface area contributed by atoms with Crippen molar-refractivity contribution in [3.05, 3.63) is 17.9 Å². The maximum Gasteiger partial charge on any atom is 0.284 e. The van der Waals surface area contributed by atoms with E-state index < -0.39 is 15.9 Å². The highest BCUT2D eigenvalue weighted by Crippen LogP contribution is 2.21. The van der Waals surface area contributed by atoms with Crippen molar-refractivity contribution in [3.63, 3.8) is 0 Å². The summed E-state index contributed by atoms with van der Waals surface area (Å²) in [5, 5.41) is 3.14. The van der Waals surface area contributed by atoms with Gasteiger partial charge in [-0.2, -0.15) is 4.31 Å². The van der Waals surface area contributed by atoms with E-state index in [1.54, 1.807) is 0 Å². The first kappa shape index (κ1) is 20.2.